The van der Waals surface area contributed by atoms with Crippen molar-refractivity contribution in [2.45, 2.75) is 13.3 Å². The Balaban J connectivity index is 2.98. The van der Waals surface area contributed by atoms with Gasteiger partial charge in [0.2, 0.25) is 0 Å². The number of hydrogen-bond acceptors (Lipinski definition) is 1. The molecule has 0 aliphatic carbocycles. The summed E-state index contributed by atoms with van der Waals surface area (Å²) in [6, 6.07) is 4.23. The number of benzene rings is 1. The lowest BCUT2D eigenvalue weighted by atomic mass is 10.1. The first-order chi connectivity index (χ1) is 6.15. The van der Waals surface area contributed by atoms with E-state index in [9.17, 15) is 9.18 Å². The van der Waals surface area contributed by atoms with Crippen LogP contribution in [-0.2, 0) is 0 Å². The molecule has 0 amide bonds. The average molecular weight is 176 g/mol. The van der Waals surface area contributed by atoms with Gasteiger partial charge in [0.05, 0.1) is 6.42 Å². The van der Waals surface area contributed by atoms with Crippen LogP contribution in [0.4, 0.5) is 4.39 Å². The Morgan fingerprint density at radius 2 is 2.31 bits per heavy atom. The predicted octanol–water partition coefficient (Wildman–Crippen LogP) is 2.34. The zero-order valence-corrected chi connectivity index (χ0v) is 7.30. The summed E-state index contributed by atoms with van der Waals surface area (Å²) in [5.41, 5.74) is 0.930. The van der Waals surface area contributed by atoms with Gasteiger partial charge >= 0.3 is 0 Å². The molecule has 1 nitrogen and oxygen atoms in total. The standard InChI is InChI=1S/C11H9FO/c1-3-4-11(13)9-5-6-10(12)8(2)7-9/h1,5-7H,4H2,2H3. The maximum Gasteiger partial charge on any atom is 0.174 e. The van der Waals surface area contributed by atoms with E-state index >= 15 is 0 Å². The molecule has 0 aliphatic heterocycles. The number of ketones is 1. The van der Waals surface area contributed by atoms with Crippen molar-refractivity contribution >= 4 is 5.78 Å². The number of carbonyl (C=O) groups excluding carboxylic acids is 1. The third kappa shape index (κ3) is 2.16. The number of rotatable bonds is 2. The summed E-state index contributed by atoms with van der Waals surface area (Å²) >= 11 is 0. The summed E-state index contributed by atoms with van der Waals surface area (Å²) in [6.07, 6.45) is 5.05. The fourth-order valence-electron chi connectivity index (χ4n) is 1.01. The van der Waals surface area contributed by atoms with Crippen LogP contribution in [0.2, 0.25) is 0 Å². The van der Waals surface area contributed by atoms with Gasteiger partial charge in [-0.15, -0.1) is 6.42 Å². The highest BCUT2D eigenvalue weighted by Crippen LogP contribution is 2.10. The number of aryl methyl sites for hydroxylation is 1. The van der Waals surface area contributed by atoms with Gasteiger partial charge in [-0.3, -0.25) is 4.79 Å². The third-order valence-corrected chi connectivity index (χ3v) is 1.74. The Hall–Kier alpha value is -1.62. The van der Waals surface area contributed by atoms with Gasteiger partial charge in [0.1, 0.15) is 5.82 Å². The number of Topliss-reactive ketones (excluding diaryl/α,β-unsaturated/α-hetero) is 1. The van der Waals surface area contributed by atoms with E-state index in [4.69, 9.17) is 6.42 Å². The Morgan fingerprint density at radius 1 is 1.62 bits per heavy atom. The monoisotopic (exact) mass is 176 g/mol. The SMILES string of the molecule is C#CCC(=O)c1ccc(F)c(C)c1. The molecule has 0 aliphatic rings. The van der Waals surface area contributed by atoms with Crippen molar-refractivity contribution in [3.8, 4) is 12.3 Å². The fraction of sp³-hybridized carbons (Fsp3) is 0.182. The number of terminal acetylenes is 1. The van der Waals surface area contributed by atoms with E-state index in [1.165, 1.54) is 18.2 Å². The van der Waals surface area contributed by atoms with Crippen LogP contribution in [0.3, 0.4) is 0 Å². The largest absolute Gasteiger partial charge is 0.293 e. The van der Waals surface area contributed by atoms with E-state index < -0.39 is 0 Å². The highest BCUT2D eigenvalue weighted by atomic mass is 19.1. The minimum Gasteiger partial charge on any atom is -0.293 e. The number of halogens is 1. The van der Waals surface area contributed by atoms with Gasteiger partial charge < -0.3 is 0 Å². The minimum atomic E-state index is -0.308. The van der Waals surface area contributed by atoms with E-state index in [0.29, 0.717) is 11.1 Å². The zero-order valence-electron chi connectivity index (χ0n) is 7.30. The van der Waals surface area contributed by atoms with Crippen molar-refractivity contribution in [3.63, 3.8) is 0 Å². The highest BCUT2D eigenvalue weighted by molar-refractivity contribution is 5.97. The van der Waals surface area contributed by atoms with Gasteiger partial charge in [-0.1, -0.05) is 5.92 Å². The summed E-state index contributed by atoms with van der Waals surface area (Å²) in [5, 5.41) is 0. The minimum absolute atomic E-state index is 0.0606. The molecule has 0 fully saturated rings. The van der Waals surface area contributed by atoms with Crippen LogP contribution in [-0.4, -0.2) is 5.78 Å². The van der Waals surface area contributed by atoms with E-state index in [1.54, 1.807) is 6.92 Å². The quantitative estimate of drug-likeness (QED) is 0.499. The van der Waals surface area contributed by atoms with Gasteiger partial charge in [0.15, 0.2) is 5.78 Å². The zero-order chi connectivity index (χ0) is 9.84. The van der Waals surface area contributed by atoms with E-state index in [2.05, 4.69) is 5.92 Å². The molecule has 0 saturated carbocycles. The van der Waals surface area contributed by atoms with Crippen molar-refractivity contribution in [3.05, 3.63) is 35.1 Å². The van der Waals surface area contributed by atoms with Gasteiger partial charge in [0.25, 0.3) is 0 Å². The van der Waals surface area contributed by atoms with Crippen molar-refractivity contribution in [1.82, 2.24) is 0 Å². The molecule has 13 heavy (non-hydrogen) atoms. The fourth-order valence-corrected chi connectivity index (χ4v) is 1.01. The Kier molecular flexibility index (Phi) is 2.81. The molecular formula is C11H9FO. The summed E-state index contributed by atoms with van der Waals surface area (Å²) in [5.74, 6) is 1.80. The molecule has 0 radical (unpaired) electrons. The molecule has 1 aromatic carbocycles. The lowest BCUT2D eigenvalue weighted by Gasteiger charge is -1.99. The van der Waals surface area contributed by atoms with E-state index in [0.717, 1.165) is 0 Å². The maximum atomic E-state index is 12.8. The van der Waals surface area contributed by atoms with Gasteiger partial charge in [-0.05, 0) is 30.7 Å². The van der Waals surface area contributed by atoms with Crippen LogP contribution < -0.4 is 0 Å². The van der Waals surface area contributed by atoms with Crippen LogP contribution in [0.25, 0.3) is 0 Å². The Labute approximate surface area is 76.6 Å². The molecule has 0 bridgehead atoms. The molecular weight excluding hydrogens is 167 g/mol. The molecule has 2 heteroatoms. The molecule has 0 spiro atoms. The molecule has 0 N–H and O–H groups in total. The van der Waals surface area contributed by atoms with Crippen molar-refractivity contribution < 1.29 is 9.18 Å². The molecule has 0 aromatic heterocycles. The molecule has 0 saturated heterocycles. The molecule has 0 unspecified atom stereocenters. The predicted molar refractivity (Wildman–Crippen MR) is 48.9 cm³/mol. The second-order valence-electron chi connectivity index (χ2n) is 2.77. The van der Waals surface area contributed by atoms with Crippen LogP contribution in [0, 0.1) is 25.1 Å². The average Bonchev–Trinajstić information content (AvgIpc) is 2.10. The maximum absolute atomic E-state index is 12.8. The van der Waals surface area contributed by atoms with Gasteiger partial charge in [-0.25, -0.2) is 4.39 Å². The normalized spacial score (nSPS) is 9.31. The lowest BCUT2D eigenvalue weighted by Crippen LogP contribution is -1.98. The molecule has 1 aromatic rings. The molecule has 66 valence electrons. The number of hydrogen-bond donors (Lipinski definition) is 0. The second kappa shape index (κ2) is 3.86. The summed E-state index contributed by atoms with van der Waals surface area (Å²) in [7, 11) is 0. The highest BCUT2D eigenvalue weighted by Gasteiger charge is 2.05. The smallest absolute Gasteiger partial charge is 0.174 e. The van der Waals surface area contributed by atoms with E-state index in [-0.39, 0.29) is 18.0 Å². The Morgan fingerprint density at radius 3 is 2.85 bits per heavy atom. The van der Waals surface area contributed by atoms with Crippen LogP contribution in [0.1, 0.15) is 22.3 Å². The third-order valence-electron chi connectivity index (χ3n) is 1.74. The van der Waals surface area contributed by atoms with Gasteiger partial charge in [0, 0.05) is 5.56 Å². The van der Waals surface area contributed by atoms with Crippen LogP contribution in [0.5, 0.6) is 0 Å². The second-order valence-corrected chi connectivity index (χ2v) is 2.77. The van der Waals surface area contributed by atoms with Gasteiger partial charge in [-0.2, -0.15) is 0 Å². The van der Waals surface area contributed by atoms with Crippen LogP contribution >= 0.6 is 0 Å². The topological polar surface area (TPSA) is 17.1 Å². The van der Waals surface area contributed by atoms with Crippen molar-refractivity contribution in [1.29, 1.82) is 0 Å². The first-order valence-corrected chi connectivity index (χ1v) is 3.88. The van der Waals surface area contributed by atoms with Crippen molar-refractivity contribution in [2.75, 3.05) is 0 Å². The Bertz CT molecular complexity index is 374. The van der Waals surface area contributed by atoms with Crippen molar-refractivity contribution in [2.24, 2.45) is 0 Å². The van der Waals surface area contributed by atoms with Crippen LogP contribution in [0.15, 0.2) is 18.2 Å². The molecule has 1 rings (SSSR count). The molecule has 0 atom stereocenters. The lowest BCUT2D eigenvalue weighted by molar-refractivity contribution is 0.0998. The first-order valence-electron chi connectivity index (χ1n) is 3.88. The summed E-state index contributed by atoms with van der Waals surface area (Å²) < 4.78 is 12.8. The first kappa shape index (κ1) is 9.47. The molecule has 0 heterocycles. The summed E-state index contributed by atoms with van der Waals surface area (Å²) in [4.78, 5) is 11.2. The summed E-state index contributed by atoms with van der Waals surface area (Å²) in [6.45, 7) is 1.61. The number of carbonyl (C=O) groups is 1. The van der Waals surface area contributed by atoms with E-state index in [1.807, 2.05) is 0 Å².